The van der Waals surface area contributed by atoms with Gasteiger partial charge in [0.05, 0.1) is 5.52 Å². The Balaban J connectivity index is 2.88. The van der Waals surface area contributed by atoms with Crippen molar-refractivity contribution in [3.63, 3.8) is 0 Å². The highest BCUT2D eigenvalue weighted by atomic mass is 14.6. The number of rotatable bonds is 1. The third-order valence-corrected chi connectivity index (χ3v) is 2.43. The van der Waals surface area contributed by atoms with Gasteiger partial charge in [0, 0.05) is 11.6 Å². The number of nitrogens with zero attached hydrogens (tertiary/aromatic N) is 1. The van der Waals surface area contributed by atoms with Gasteiger partial charge in [-0.1, -0.05) is 30.4 Å². The van der Waals surface area contributed by atoms with E-state index in [-0.39, 0.29) is 0 Å². The summed E-state index contributed by atoms with van der Waals surface area (Å²) in [6.07, 6.45) is 1.85. The van der Waals surface area contributed by atoms with Crippen LogP contribution >= 0.6 is 0 Å². The third-order valence-electron chi connectivity index (χ3n) is 2.43. The molecule has 0 unspecified atom stereocenters. The predicted molar refractivity (Wildman–Crippen MR) is 61.2 cm³/mol. The van der Waals surface area contributed by atoms with Gasteiger partial charge in [0.25, 0.3) is 0 Å². The highest BCUT2D eigenvalue weighted by Crippen LogP contribution is 2.23. The molecule has 2 aromatic rings. The molecular weight excluding hydrogens is 170 g/mol. The molecule has 1 nitrogen and oxygen atoms in total. The molecule has 14 heavy (non-hydrogen) atoms. The number of fused-ring (bicyclic) bond motifs is 1. The molecule has 0 amide bonds. The van der Waals surface area contributed by atoms with Crippen LogP contribution in [0.4, 0.5) is 0 Å². The van der Waals surface area contributed by atoms with E-state index in [1.165, 1.54) is 16.5 Å². The first-order chi connectivity index (χ1) is 6.70. The molecule has 0 spiro atoms. The smallest absolute Gasteiger partial charge is 0.0737 e. The van der Waals surface area contributed by atoms with Crippen LogP contribution in [-0.4, -0.2) is 4.98 Å². The van der Waals surface area contributed by atoms with Crippen molar-refractivity contribution >= 4 is 16.5 Å². The number of pyridine rings is 1. The number of aromatic nitrogens is 1. The van der Waals surface area contributed by atoms with E-state index < -0.39 is 0 Å². The Morgan fingerprint density at radius 2 is 2.07 bits per heavy atom. The quantitative estimate of drug-likeness (QED) is 0.658. The van der Waals surface area contributed by atoms with Crippen LogP contribution in [0.5, 0.6) is 0 Å². The molecule has 1 heteroatoms. The van der Waals surface area contributed by atoms with E-state index in [0.717, 1.165) is 11.1 Å². The molecule has 0 saturated heterocycles. The molecule has 2 rings (SSSR count). The molecule has 0 saturated carbocycles. The number of allylic oxidation sites excluding steroid dienone is 1. The van der Waals surface area contributed by atoms with Gasteiger partial charge in [0.15, 0.2) is 0 Å². The zero-order valence-corrected chi connectivity index (χ0v) is 8.54. The van der Waals surface area contributed by atoms with Crippen LogP contribution in [0.1, 0.15) is 18.1 Å². The van der Waals surface area contributed by atoms with E-state index in [0.29, 0.717) is 0 Å². The van der Waals surface area contributed by atoms with Gasteiger partial charge in [-0.15, -0.1) is 0 Å². The van der Waals surface area contributed by atoms with Crippen molar-refractivity contribution in [3.05, 3.63) is 48.2 Å². The third kappa shape index (κ3) is 1.31. The molecule has 70 valence electrons. The second-order valence-electron chi connectivity index (χ2n) is 3.61. The molecule has 0 aliphatic rings. The van der Waals surface area contributed by atoms with Crippen LogP contribution < -0.4 is 0 Å². The molecule has 1 aromatic heterocycles. The fourth-order valence-electron chi connectivity index (χ4n) is 1.70. The second kappa shape index (κ2) is 3.26. The van der Waals surface area contributed by atoms with Gasteiger partial charge in [-0.25, -0.2) is 0 Å². The molecule has 0 fully saturated rings. The fraction of sp³-hybridized carbons (Fsp3) is 0.154. The second-order valence-corrected chi connectivity index (χ2v) is 3.61. The van der Waals surface area contributed by atoms with E-state index in [2.05, 4.69) is 36.7 Å². The topological polar surface area (TPSA) is 12.9 Å². The van der Waals surface area contributed by atoms with Crippen molar-refractivity contribution in [2.45, 2.75) is 13.8 Å². The zero-order valence-electron chi connectivity index (χ0n) is 8.54. The van der Waals surface area contributed by atoms with Gasteiger partial charge in [0.1, 0.15) is 0 Å². The Labute approximate surface area is 84.1 Å². The summed E-state index contributed by atoms with van der Waals surface area (Å²) in [4.78, 5) is 4.38. The minimum absolute atomic E-state index is 1.08. The van der Waals surface area contributed by atoms with E-state index in [9.17, 15) is 0 Å². The maximum absolute atomic E-state index is 4.38. The first-order valence-corrected chi connectivity index (χ1v) is 4.70. The first-order valence-electron chi connectivity index (χ1n) is 4.70. The molecule has 0 atom stereocenters. The zero-order chi connectivity index (χ0) is 10.1. The van der Waals surface area contributed by atoms with Gasteiger partial charge in [0.2, 0.25) is 0 Å². The maximum atomic E-state index is 4.38. The van der Waals surface area contributed by atoms with Crippen LogP contribution in [0.2, 0.25) is 0 Å². The van der Waals surface area contributed by atoms with E-state index in [1.807, 2.05) is 19.2 Å². The van der Waals surface area contributed by atoms with Gasteiger partial charge >= 0.3 is 0 Å². The minimum Gasteiger partial charge on any atom is -0.256 e. The van der Waals surface area contributed by atoms with Gasteiger partial charge in [-0.3, -0.25) is 4.98 Å². The number of hydrogen-bond acceptors (Lipinski definition) is 1. The van der Waals surface area contributed by atoms with Crippen LogP contribution in [0.3, 0.4) is 0 Å². The number of benzene rings is 1. The number of para-hydroxylation sites is 1. The maximum Gasteiger partial charge on any atom is 0.0737 e. The summed E-state index contributed by atoms with van der Waals surface area (Å²) < 4.78 is 0. The summed E-state index contributed by atoms with van der Waals surface area (Å²) in [5, 5.41) is 1.19. The lowest BCUT2D eigenvalue weighted by Gasteiger charge is -2.06. The number of hydrogen-bond donors (Lipinski definition) is 0. The number of aryl methyl sites for hydroxylation is 1. The Bertz CT molecular complexity index is 498. The molecule has 0 N–H and O–H groups in total. The summed E-state index contributed by atoms with van der Waals surface area (Å²) in [6.45, 7) is 8.08. The summed E-state index contributed by atoms with van der Waals surface area (Å²) in [6, 6.07) is 8.26. The molecule has 0 bridgehead atoms. The average molecular weight is 183 g/mol. The van der Waals surface area contributed by atoms with Gasteiger partial charge in [-0.2, -0.15) is 0 Å². The standard InChI is InChI=1S/C13H13N/c1-9(2)11-7-8-14-13-10(3)5-4-6-12(11)13/h4-8H,1H2,2-3H3. The molecular formula is C13H13N. The van der Waals surface area contributed by atoms with E-state index in [4.69, 9.17) is 0 Å². The lowest BCUT2D eigenvalue weighted by Crippen LogP contribution is -1.87. The van der Waals surface area contributed by atoms with Crippen LogP contribution in [0, 0.1) is 6.92 Å². The molecule has 1 aromatic carbocycles. The first kappa shape index (κ1) is 8.95. The average Bonchev–Trinajstić information content (AvgIpc) is 2.17. The molecule has 0 aliphatic heterocycles. The molecule has 0 radical (unpaired) electrons. The molecule has 0 aliphatic carbocycles. The summed E-state index contributed by atoms with van der Waals surface area (Å²) in [5.74, 6) is 0. The van der Waals surface area contributed by atoms with Crippen molar-refractivity contribution in [2.75, 3.05) is 0 Å². The van der Waals surface area contributed by atoms with Crippen molar-refractivity contribution in [1.82, 2.24) is 4.98 Å². The van der Waals surface area contributed by atoms with Gasteiger partial charge < -0.3 is 0 Å². The Kier molecular flexibility index (Phi) is 2.08. The highest BCUT2D eigenvalue weighted by Gasteiger charge is 2.03. The normalized spacial score (nSPS) is 10.4. The van der Waals surface area contributed by atoms with Gasteiger partial charge in [-0.05, 0) is 31.0 Å². The van der Waals surface area contributed by atoms with Crippen molar-refractivity contribution in [3.8, 4) is 0 Å². The lowest BCUT2D eigenvalue weighted by atomic mass is 10.0. The lowest BCUT2D eigenvalue weighted by molar-refractivity contribution is 1.36. The minimum atomic E-state index is 1.08. The largest absolute Gasteiger partial charge is 0.256 e. The Hall–Kier alpha value is -1.63. The van der Waals surface area contributed by atoms with Crippen LogP contribution in [0.15, 0.2) is 37.0 Å². The highest BCUT2D eigenvalue weighted by molar-refractivity contribution is 5.92. The van der Waals surface area contributed by atoms with Crippen molar-refractivity contribution < 1.29 is 0 Å². The summed E-state index contributed by atoms with van der Waals surface area (Å²) in [5.41, 5.74) is 4.57. The predicted octanol–water partition coefficient (Wildman–Crippen LogP) is 3.58. The van der Waals surface area contributed by atoms with Crippen LogP contribution in [0.25, 0.3) is 16.5 Å². The SMILES string of the molecule is C=C(C)c1ccnc2c(C)cccc12. The van der Waals surface area contributed by atoms with Crippen LogP contribution in [-0.2, 0) is 0 Å². The van der Waals surface area contributed by atoms with E-state index >= 15 is 0 Å². The monoisotopic (exact) mass is 183 g/mol. The Morgan fingerprint density at radius 3 is 2.79 bits per heavy atom. The van der Waals surface area contributed by atoms with Crippen molar-refractivity contribution in [1.29, 1.82) is 0 Å². The Morgan fingerprint density at radius 1 is 1.29 bits per heavy atom. The van der Waals surface area contributed by atoms with E-state index in [1.54, 1.807) is 0 Å². The summed E-state index contributed by atoms with van der Waals surface area (Å²) in [7, 11) is 0. The molecule has 1 heterocycles. The fourth-order valence-corrected chi connectivity index (χ4v) is 1.70. The van der Waals surface area contributed by atoms with Crippen molar-refractivity contribution in [2.24, 2.45) is 0 Å². The summed E-state index contributed by atoms with van der Waals surface area (Å²) >= 11 is 0.